The third kappa shape index (κ3) is 6.16. The molecule has 20 heavy (non-hydrogen) atoms. The monoisotopic (exact) mass is 342 g/mol. The molecule has 0 fully saturated rings. The molecule has 0 spiro atoms. The molecule has 0 radical (unpaired) electrons. The predicted molar refractivity (Wildman–Crippen MR) is 81.5 cm³/mol. The Balaban J connectivity index is 2.32. The molecule has 0 bridgehead atoms. The number of hydrogen-bond acceptors (Lipinski definition) is 3. The van der Waals surface area contributed by atoms with Crippen LogP contribution in [-0.2, 0) is 9.59 Å². The second-order valence-corrected chi connectivity index (χ2v) is 5.32. The summed E-state index contributed by atoms with van der Waals surface area (Å²) in [4.78, 5) is 23.1. The van der Waals surface area contributed by atoms with Crippen molar-refractivity contribution in [3.05, 3.63) is 28.2 Å². The quantitative estimate of drug-likeness (QED) is 0.663. The van der Waals surface area contributed by atoms with Gasteiger partial charge in [-0.05, 0) is 43.5 Å². The maximum atomic E-state index is 11.7. The number of carbonyl (C=O) groups excluding carboxylic acids is 2. The van der Waals surface area contributed by atoms with E-state index in [1.165, 1.54) is 0 Å². The number of anilines is 1. The van der Waals surface area contributed by atoms with Crippen LogP contribution in [0.4, 0.5) is 5.69 Å². The predicted octanol–water partition coefficient (Wildman–Crippen LogP) is 1.97. The Morgan fingerprint density at radius 2 is 2.00 bits per heavy atom. The van der Waals surface area contributed by atoms with Gasteiger partial charge in [0.05, 0.1) is 6.54 Å². The summed E-state index contributed by atoms with van der Waals surface area (Å²) in [6, 6.07) is 5.50. The minimum Gasteiger partial charge on any atom is -0.396 e. The number of carbonyl (C=O) groups is 2. The highest BCUT2D eigenvalue weighted by atomic mass is 79.9. The van der Waals surface area contributed by atoms with Crippen molar-refractivity contribution in [1.82, 2.24) is 5.32 Å². The summed E-state index contributed by atoms with van der Waals surface area (Å²) in [6.45, 7) is 1.96. The van der Waals surface area contributed by atoms with E-state index in [4.69, 9.17) is 5.11 Å². The summed E-state index contributed by atoms with van der Waals surface area (Å²) < 4.78 is 0.979. The number of aliphatic hydroxyl groups is 1. The van der Waals surface area contributed by atoms with Gasteiger partial charge in [0.1, 0.15) is 0 Å². The number of aliphatic hydroxyl groups excluding tert-OH is 1. The standard InChI is InChI=1S/C14H19BrN2O3/c1-10-8-11(5-6-12(10)15)17-14(20)9-16-13(19)4-2-3-7-18/h5-6,8,18H,2-4,7,9H2,1H3,(H,16,19)(H,17,20). The molecule has 2 amide bonds. The molecule has 0 heterocycles. The van der Waals surface area contributed by atoms with Gasteiger partial charge in [0, 0.05) is 23.2 Å². The summed E-state index contributed by atoms with van der Waals surface area (Å²) in [6.07, 6.45) is 1.54. The molecule has 1 aromatic carbocycles. The second kappa shape index (κ2) is 8.71. The van der Waals surface area contributed by atoms with Crippen LogP contribution < -0.4 is 10.6 Å². The van der Waals surface area contributed by atoms with Crippen molar-refractivity contribution in [3.8, 4) is 0 Å². The van der Waals surface area contributed by atoms with E-state index in [0.717, 1.165) is 10.0 Å². The third-order valence-electron chi connectivity index (χ3n) is 2.70. The van der Waals surface area contributed by atoms with Crippen LogP contribution in [0.2, 0.25) is 0 Å². The van der Waals surface area contributed by atoms with Gasteiger partial charge in [-0.15, -0.1) is 0 Å². The zero-order chi connectivity index (χ0) is 15.0. The Morgan fingerprint density at radius 1 is 1.25 bits per heavy atom. The summed E-state index contributed by atoms with van der Waals surface area (Å²) in [5.41, 5.74) is 1.72. The lowest BCUT2D eigenvalue weighted by Gasteiger charge is -2.08. The first-order valence-corrected chi connectivity index (χ1v) is 7.26. The Hall–Kier alpha value is -1.40. The molecule has 0 atom stereocenters. The lowest BCUT2D eigenvalue weighted by atomic mass is 10.2. The first kappa shape index (κ1) is 16.7. The average molecular weight is 343 g/mol. The number of aryl methyl sites for hydroxylation is 1. The molecule has 5 nitrogen and oxygen atoms in total. The van der Waals surface area contributed by atoms with Crippen LogP contribution in [0.15, 0.2) is 22.7 Å². The van der Waals surface area contributed by atoms with Crippen molar-refractivity contribution in [2.75, 3.05) is 18.5 Å². The topological polar surface area (TPSA) is 78.4 Å². The molecule has 3 N–H and O–H groups in total. The van der Waals surface area contributed by atoms with Crippen molar-refractivity contribution < 1.29 is 14.7 Å². The van der Waals surface area contributed by atoms with Crippen molar-refractivity contribution in [2.45, 2.75) is 26.2 Å². The smallest absolute Gasteiger partial charge is 0.243 e. The second-order valence-electron chi connectivity index (χ2n) is 4.47. The van der Waals surface area contributed by atoms with E-state index in [2.05, 4.69) is 26.6 Å². The molecule has 1 aromatic rings. The number of benzene rings is 1. The highest BCUT2D eigenvalue weighted by Crippen LogP contribution is 2.19. The maximum absolute atomic E-state index is 11.7. The van der Waals surface area contributed by atoms with E-state index in [0.29, 0.717) is 24.9 Å². The number of halogens is 1. The molecule has 0 aliphatic carbocycles. The van der Waals surface area contributed by atoms with Crippen LogP contribution in [0.1, 0.15) is 24.8 Å². The van der Waals surface area contributed by atoms with Crippen LogP contribution >= 0.6 is 15.9 Å². The lowest BCUT2D eigenvalue weighted by Crippen LogP contribution is -2.32. The number of nitrogens with one attached hydrogen (secondary N) is 2. The fraction of sp³-hybridized carbons (Fsp3) is 0.429. The van der Waals surface area contributed by atoms with Gasteiger partial charge in [-0.1, -0.05) is 15.9 Å². The minimum atomic E-state index is -0.262. The van der Waals surface area contributed by atoms with Gasteiger partial charge >= 0.3 is 0 Å². The maximum Gasteiger partial charge on any atom is 0.243 e. The van der Waals surface area contributed by atoms with E-state index in [9.17, 15) is 9.59 Å². The van der Waals surface area contributed by atoms with Gasteiger partial charge < -0.3 is 15.7 Å². The first-order valence-electron chi connectivity index (χ1n) is 6.46. The molecule has 0 saturated heterocycles. The number of hydrogen-bond donors (Lipinski definition) is 3. The molecular weight excluding hydrogens is 324 g/mol. The van der Waals surface area contributed by atoms with Gasteiger partial charge in [-0.25, -0.2) is 0 Å². The largest absolute Gasteiger partial charge is 0.396 e. The number of amides is 2. The highest BCUT2D eigenvalue weighted by Gasteiger charge is 2.06. The van der Waals surface area contributed by atoms with Gasteiger partial charge in [-0.2, -0.15) is 0 Å². The van der Waals surface area contributed by atoms with Crippen LogP contribution in [0.5, 0.6) is 0 Å². The van der Waals surface area contributed by atoms with Crippen LogP contribution in [0, 0.1) is 6.92 Å². The Labute approximate surface area is 126 Å². The van der Waals surface area contributed by atoms with Gasteiger partial charge in [-0.3, -0.25) is 9.59 Å². The highest BCUT2D eigenvalue weighted by molar-refractivity contribution is 9.10. The number of unbranched alkanes of at least 4 members (excludes halogenated alkanes) is 1. The molecular formula is C14H19BrN2O3. The fourth-order valence-electron chi connectivity index (χ4n) is 1.59. The summed E-state index contributed by atoms with van der Waals surface area (Å²) in [5.74, 6) is -0.442. The summed E-state index contributed by atoms with van der Waals surface area (Å²) in [5, 5.41) is 13.9. The van der Waals surface area contributed by atoms with Crippen molar-refractivity contribution in [1.29, 1.82) is 0 Å². The van der Waals surface area contributed by atoms with E-state index in [1.54, 1.807) is 6.07 Å². The van der Waals surface area contributed by atoms with Crippen LogP contribution in [-0.4, -0.2) is 30.1 Å². The molecule has 0 saturated carbocycles. The zero-order valence-corrected chi connectivity index (χ0v) is 13.0. The Kier molecular flexibility index (Phi) is 7.25. The number of rotatable bonds is 7. The van der Waals surface area contributed by atoms with Crippen LogP contribution in [0.25, 0.3) is 0 Å². The average Bonchev–Trinajstić information content (AvgIpc) is 2.41. The first-order chi connectivity index (χ1) is 9.52. The summed E-state index contributed by atoms with van der Waals surface area (Å²) >= 11 is 3.39. The minimum absolute atomic E-state index is 0.0485. The van der Waals surface area contributed by atoms with Crippen LogP contribution in [0.3, 0.4) is 0 Å². The molecule has 0 aliphatic rings. The summed E-state index contributed by atoms with van der Waals surface area (Å²) in [7, 11) is 0. The molecule has 6 heteroatoms. The molecule has 0 aromatic heterocycles. The van der Waals surface area contributed by atoms with E-state index in [1.807, 2.05) is 19.1 Å². The van der Waals surface area contributed by atoms with Gasteiger partial charge in [0.15, 0.2) is 0 Å². The normalized spacial score (nSPS) is 10.2. The molecule has 110 valence electrons. The van der Waals surface area contributed by atoms with Crippen molar-refractivity contribution >= 4 is 33.4 Å². The molecule has 0 unspecified atom stereocenters. The Morgan fingerprint density at radius 3 is 2.65 bits per heavy atom. The third-order valence-corrected chi connectivity index (χ3v) is 3.59. The lowest BCUT2D eigenvalue weighted by molar-refractivity contribution is -0.124. The van der Waals surface area contributed by atoms with Crippen molar-refractivity contribution in [3.63, 3.8) is 0 Å². The Bertz CT molecular complexity index is 477. The van der Waals surface area contributed by atoms with Crippen molar-refractivity contribution in [2.24, 2.45) is 0 Å². The zero-order valence-electron chi connectivity index (χ0n) is 11.4. The van der Waals surface area contributed by atoms with Gasteiger partial charge in [0.2, 0.25) is 11.8 Å². The van der Waals surface area contributed by atoms with E-state index < -0.39 is 0 Å². The molecule has 0 aliphatic heterocycles. The SMILES string of the molecule is Cc1cc(NC(=O)CNC(=O)CCCCO)ccc1Br. The van der Waals surface area contributed by atoms with E-state index >= 15 is 0 Å². The fourth-order valence-corrected chi connectivity index (χ4v) is 1.84. The molecule has 1 rings (SSSR count). The van der Waals surface area contributed by atoms with Gasteiger partial charge in [0.25, 0.3) is 0 Å². The van der Waals surface area contributed by atoms with E-state index in [-0.39, 0.29) is 25.0 Å².